The third-order valence-electron chi connectivity index (χ3n) is 17.4. The molecule has 2 saturated carbocycles. The summed E-state index contributed by atoms with van der Waals surface area (Å²) in [5.41, 5.74) is 4.04. The van der Waals surface area contributed by atoms with Crippen molar-refractivity contribution in [3.05, 3.63) is 40.1 Å². The Bertz CT molecular complexity index is 1890. The van der Waals surface area contributed by atoms with E-state index in [-0.39, 0.29) is 17.7 Å². The maximum atomic E-state index is 12.7. The molecule has 6 atom stereocenters. The van der Waals surface area contributed by atoms with E-state index >= 15 is 0 Å². The second-order valence-corrected chi connectivity index (χ2v) is 23.0. The van der Waals surface area contributed by atoms with Crippen LogP contribution in [0.4, 0.5) is 0 Å². The van der Waals surface area contributed by atoms with Crippen molar-refractivity contribution in [2.24, 2.45) is 41.4 Å². The molecule has 3 aliphatic carbocycles. The number of nitrogens with zero attached hydrogens (tertiary/aromatic N) is 4. The minimum atomic E-state index is 0.0313. The first-order valence-electron chi connectivity index (χ1n) is 28.3. The number of rotatable bonds is 27. The topological polar surface area (TPSA) is 155 Å². The van der Waals surface area contributed by atoms with Gasteiger partial charge in [-0.1, -0.05) is 25.2 Å². The molecular formula is C57H90N6O8S. The summed E-state index contributed by atoms with van der Waals surface area (Å²) in [6, 6.07) is 3.41. The zero-order chi connectivity index (χ0) is 50.5. The Morgan fingerprint density at radius 1 is 0.708 bits per heavy atom. The molecule has 5 fully saturated rings. The molecule has 7 aliphatic rings. The molecule has 0 aromatic carbocycles. The number of hydrogen-bond acceptors (Lipinski definition) is 13. The highest BCUT2D eigenvalue weighted by atomic mass is 32.2. The van der Waals surface area contributed by atoms with E-state index in [0.29, 0.717) is 127 Å². The summed E-state index contributed by atoms with van der Waals surface area (Å²) >= 11 is 2.03. The lowest BCUT2D eigenvalue weighted by Crippen LogP contribution is -2.50. The fourth-order valence-corrected chi connectivity index (χ4v) is 14.9. The van der Waals surface area contributed by atoms with Crippen LogP contribution in [0, 0.1) is 52.8 Å². The molecule has 3 saturated heterocycles. The number of hydrogen-bond donors (Lipinski definition) is 2. The van der Waals surface area contributed by atoms with Gasteiger partial charge in [-0.25, -0.2) is 4.79 Å². The fourth-order valence-electron chi connectivity index (χ4n) is 13.4. The standard InChI is InChI=1S/C57H90N6O8S/c1-42-35-50-7-4-10-56(50)72-41-52(42)37-51(38-58)43(2)62-21-6-9-54(62)47-17-23-61(24-18-47)39-57(66)60-20-26-68-28-30-70-32-34-71-33-31-69-29-27-67-25-19-59-53(40-64)46-13-11-45(12-14-46)48-15-16-55-49(36-48)8-5-22-63(55)44(3)65/h37,42,45-49,52,54-55,59H,2,4-36,39,41H2,1,3H3,(H,60,66)/b51-37+. The van der Waals surface area contributed by atoms with Crippen LogP contribution in [0.3, 0.4) is 0 Å². The van der Waals surface area contributed by atoms with Crippen molar-refractivity contribution < 1.29 is 38.1 Å². The van der Waals surface area contributed by atoms with Gasteiger partial charge in [-0.2, -0.15) is 5.26 Å². The van der Waals surface area contributed by atoms with Gasteiger partial charge in [0.05, 0.1) is 83.9 Å². The summed E-state index contributed by atoms with van der Waals surface area (Å²) in [5.74, 6) is 7.42. The average Bonchev–Trinajstić information content (AvgIpc) is 4.05. The highest BCUT2D eigenvalue weighted by molar-refractivity contribution is 8.03. The number of fused-ring (bicyclic) bond motifs is 1. The van der Waals surface area contributed by atoms with Gasteiger partial charge >= 0.3 is 0 Å². The molecule has 2 amide bonds. The lowest BCUT2D eigenvalue weighted by atomic mass is 9.65. The van der Waals surface area contributed by atoms with Crippen molar-refractivity contribution in [1.29, 1.82) is 5.26 Å². The minimum absolute atomic E-state index is 0.0313. The molecule has 72 heavy (non-hydrogen) atoms. The van der Waals surface area contributed by atoms with Crippen molar-refractivity contribution in [3.63, 3.8) is 0 Å². The summed E-state index contributed by atoms with van der Waals surface area (Å²) in [6.45, 7) is 18.5. The van der Waals surface area contributed by atoms with Crippen LogP contribution < -0.4 is 10.6 Å². The van der Waals surface area contributed by atoms with Crippen molar-refractivity contribution in [2.45, 2.75) is 135 Å². The molecule has 0 spiro atoms. The Kier molecular flexibility index (Phi) is 23.9. The summed E-state index contributed by atoms with van der Waals surface area (Å²) in [5, 5.41) is 16.6. The Hall–Kier alpha value is -3.19. The fraction of sp³-hybridized carbons (Fsp3) is 0.807. The number of ether oxygens (including phenoxy) is 5. The molecule has 6 unspecified atom stereocenters. The molecule has 2 N–H and O–H groups in total. The lowest BCUT2D eigenvalue weighted by Gasteiger charge is -2.48. The average molecular weight is 1020 g/mol. The zero-order valence-corrected chi connectivity index (χ0v) is 45.0. The maximum absolute atomic E-state index is 12.7. The number of carbonyl (C=O) groups is 2. The second-order valence-electron chi connectivity index (χ2n) is 21.9. The molecular weight excluding hydrogens is 929 g/mol. The van der Waals surface area contributed by atoms with Crippen LogP contribution in [0.2, 0.25) is 0 Å². The van der Waals surface area contributed by atoms with Gasteiger partial charge in [0.2, 0.25) is 11.8 Å². The van der Waals surface area contributed by atoms with Gasteiger partial charge in [0.1, 0.15) is 12.0 Å². The van der Waals surface area contributed by atoms with E-state index in [1.165, 1.54) is 51.4 Å². The van der Waals surface area contributed by atoms with Crippen molar-refractivity contribution in [3.8, 4) is 6.07 Å². The minimum Gasteiger partial charge on any atom is -0.377 e. The molecule has 7 rings (SSSR count). The summed E-state index contributed by atoms with van der Waals surface area (Å²) in [7, 11) is 0. The van der Waals surface area contributed by atoms with Crippen molar-refractivity contribution in [2.75, 3.05) is 118 Å². The highest BCUT2D eigenvalue weighted by Gasteiger charge is 2.41. The number of carbonyl (C=O) groups excluding carboxylic acids is 3. The van der Waals surface area contributed by atoms with Crippen LogP contribution in [0.15, 0.2) is 40.1 Å². The van der Waals surface area contributed by atoms with Crippen molar-refractivity contribution >= 4 is 29.5 Å². The number of piperidine rings is 2. The second kappa shape index (κ2) is 30.4. The third-order valence-corrected chi connectivity index (χ3v) is 18.8. The van der Waals surface area contributed by atoms with E-state index in [1.54, 1.807) is 17.4 Å². The predicted molar refractivity (Wildman–Crippen MR) is 283 cm³/mol. The molecule has 0 aromatic heterocycles. The predicted octanol–water partition coefficient (Wildman–Crippen LogP) is 7.69. The molecule has 4 aliphatic heterocycles. The van der Waals surface area contributed by atoms with E-state index in [9.17, 15) is 19.6 Å². The van der Waals surface area contributed by atoms with E-state index in [0.717, 1.165) is 113 Å². The van der Waals surface area contributed by atoms with Crippen LogP contribution in [0.5, 0.6) is 0 Å². The molecule has 402 valence electrons. The maximum Gasteiger partial charge on any atom is 0.234 e. The third kappa shape index (κ3) is 16.9. The zero-order valence-electron chi connectivity index (χ0n) is 44.2. The lowest BCUT2D eigenvalue weighted by molar-refractivity contribution is -0.136. The molecule has 0 aromatic rings. The van der Waals surface area contributed by atoms with Gasteiger partial charge in [0.25, 0.3) is 0 Å². The Morgan fingerprint density at radius 2 is 1.32 bits per heavy atom. The van der Waals surface area contributed by atoms with Crippen molar-refractivity contribution in [1.82, 2.24) is 25.3 Å². The first-order chi connectivity index (χ1) is 35.2. The van der Waals surface area contributed by atoms with Crippen LogP contribution >= 0.6 is 11.8 Å². The van der Waals surface area contributed by atoms with Gasteiger partial charge in [-0.05, 0) is 163 Å². The Morgan fingerprint density at radius 3 is 1.97 bits per heavy atom. The van der Waals surface area contributed by atoms with E-state index in [2.05, 4.69) is 56.9 Å². The number of amides is 2. The van der Waals surface area contributed by atoms with Gasteiger partial charge in [-0.3, -0.25) is 14.5 Å². The highest BCUT2D eigenvalue weighted by Crippen LogP contribution is 2.47. The largest absolute Gasteiger partial charge is 0.377 e. The van der Waals surface area contributed by atoms with Crippen LogP contribution in [-0.4, -0.2) is 162 Å². The van der Waals surface area contributed by atoms with Gasteiger partial charge in [-0.15, -0.1) is 11.8 Å². The first kappa shape index (κ1) is 56.5. The van der Waals surface area contributed by atoms with E-state index in [4.69, 9.17) is 23.7 Å². The quantitative estimate of drug-likeness (QED) is 0.0358. The number of thioether (sulfide) groups is 1. The normalized spacial score (nSPS) is 28.4. The number of likely N-dealkylation sites (tertiary alicyclic amines) is 3. The van der Waals surface area contributed by atoms with Gasteiger partial charge < -0.3 is 44.1 Å². The summed E-state index contributed by atoms with van der Waals surface area (Å²) in [6.07, 6.45) is 22.0. The molecule has 0 radical (unpaired) electrons. The van der Waals surface area contributed by atoms with Crippen LogP contribution in [0.1, 0.15) is 123 Å². The molecule has 14 nitrogen and oxygen atoms in total. The Labute approximate surface area is 436 Å². The number of nitriles is 1. The van der Waals surface area contributed by atoms with Crippen LogP contribution in [-0.2, 0) is 38.1 Å². The summed E-state index contributed by atoms with van der Waals surface area (Å²) in [4.78, 5) is 45.2. The molecule has 0 bridgehead atoms. The summed E-state index contributed by atoms with van der Waals surface area (Å²) < 4.78 is 28.3. The van der Waals surface area contributed by atoms with E-state index < -0.39 is 0 Å². The number of allylic oxidation sites excluding steroid dienone is 5. The first-order valence-corrected chi connectivity index (χ1v) is 29.3. The Balaban J connectivity index is 0.621. The van der Waals surface area contributed by atoms with Gasteiger partial charge in [0, 0.05) is 62.6 Å². The number of nitrogens with one attached hydrogen (secondary N) is 2. The monoisotopic (exact) mass is 1020 g/mol. The SMILES string of the molecule is C=C(/C(C#N)=C/C1CSC2=C(CCC2)CC1C)N1CCCC1C1CCN(CC(=O)NCCOCCOCCOCCOCCOCCNC(=C=O)C2CCC(C3CCC4C(CCCN4C(C)=O)C3)CC2)CC1. The van der Waals surface area contributed by atoms with Gasteiger partial charge in [0.15, 0.2) is 0 Å². The molecule has 4 heterocycles. The van der Waals surface area contributed by atoms with E-state index in [1.807, 2.05) is 11.8 Å². The van der Waals surface area contributed by atoms with Crippen LogP contribution in [0.25, 0.3) is 0 Å². The smallest absolute Gasteiger partial charge is 0.234 e. The molecule has 15 heteroatoms.